The molecule has 5 nitrogen and oxygen atoms in total. The zero-order valence-corrected chi connectivity index (χ0v) is 14.6. The molecule has 23 heavy (non-hydrogen) atoms. The minimum atomic E-state index is -0.638. The number of aryl methyl sites for hydroxylation is 1. The third-order valence-electron chi connectivity index (χ3n) is 4.06. The number of nitrogens with zero attached hydrogens (tertiary/aromatic N) is 1. The first-order valence-corrected chi connectivity index (χ1v) is 8.18. The van der Waals surface area contributed by atoms with Crippen LogP contribution in [0.5, 0.6) is 0 Å². The van der Waals surface area contributed by atoms with Gasteiger partial charge in [0.25, 0.3) is 0 Å². The van der Waals surface area contributed by atoms with Crippen molar-refractivity contribution in [2.75, 3.05) is 16.8 Å². The molecule has 126 valence electrons. The molecule has 1 heterocycles. The summed E-state index contributed by atoms with van der Waals surface area (Å²) in [5, 5.41) is 3.19. The quantitative estimate of drug-likeness (QED) is 0.848. The molecule has 0 saturated heterocycles. The molecule has 0 aliphatic carbocycles. The van der Waals surface area contributed by atoms with Gasteiger partial charge in [0.05, 0.1) is 18.0 Å². The van der Waals surface area contributed by atoms with Crippen molar-refractivity contribution in [3.63, 3.8) is 0 Å². The van der Waals surface area contributed by atoms with Gasteiger partial charge in [-0.05, 0) is 50.8 Å². The smallest absolute Gasteiger partial charge is 0.328 e. The van der Waals surface area contributed by atoms with Crippen LogP contribution in [0.15, 0.2) is 18.2 Å². The van der Waals surface area contributed by atoms with E-state index in [2.05, 4.69) is 19.2 Å². The minimum absolute atomic E-state index is 0.116. The predicted octanol–water partition coefficient (Wildman–Crippen LogP) is 3.12. The fourth-order valence-electron chi connectivity index (χ4n) is 2.62. The zero-order chi connectivity index (χ0) is 17.1. The number of fused-ring (bicyclic) bond motifs is 1. The van der Waals surface area contributed by atoms with Crippen molar-refractivity contribution in [3.05, 3.63) is 23.8 Å². The lowest BCUT2D eigenvalue weighted by molar-refractivity contribution is -0.146. The average Bonchev–Trinajstić information content (AvgIpc) is 2.47. The normalized spacial score (nSPS) is 18.4. The Morgan fingerprint density at radius 1 is 1.35 bits per heavy atom. The van der Waals surface area contributed by atoms with Gasteiger partial charge < -0.3 is 10.1 Å². The summed E-state index contributed by atoms with van der Waals surface area (Å²) in [6.45, 7) is 10.1. The molecule has 0 radical (unpaired) electrons. The highest BCUT2D eigenvalue weighted by molar-refractivity contribution is 6.08. The van der Waals surface area contributed by atoms with Crippen LogP contribution < -0.4 is 10.2 Å². The van der Waals surface area contributed by atoms with Crippen LogP contribution in [-0.4, -0.2) is 30.6 Å². The van der Waals surface area contributed by atoms with Crippen molar-refractivity contribution in [1.29, 1.82) is 0 Å². The molecule has 2 atom stereocenters. The molecule has 0 aromatic heterocycles. The number of hydrogen-bond donors (Lipinski definition) is 1. The Hall–Kier alpha value is -2.04. The van der Waals surface area contributed by atoms with Crippen molar-refractivity contribution in [3.8, 4) is 0 Å². The third-order valence-corrected chi connectivity index (χ3v) is 4.06. The van der Waals surface area contributed by atoms with Crippen LogP contribution in [0, 0.1) is 12.8 Å². The van der Waals surface area contributed by atoms with Crippen LogP contribution in [-0.2, 0) is 14.3 Å². The largest absolute Gasteiger partial charge is 0.464 e. The van der Waals surface area contributed by atoms with Crippen LogP contribution in [0.1, 0.15) is 39.7 Å². The summed E-state index contributed by atoms with van der Waals surface area (Å²) < 4.78 is 5.34. The number of rotatable bonds is 5. The fraction of sp³-hybridized carbons (Fsp3) is 0.556. The van der Waals surface area contributed by atoms with Gasteiger partial charge in [-0.15, -0.1) is 0 Å². The van der Waals surface area contributed by atoms with Gasteiger partial charge in [-0.25, -0.2) is 4.79 Å². The Kier molecular flexibility index (Phi) is 5.29. The van der Waals surface area contributed by atoms with Gasteiger partial charge in [-0.1, -0.05) is 19.9 Å². The van der Waals surface area contributed by atoms with E-state index < -0.39 is 6.04 Å². The number of carbonyl (C=O) groups excluding carboxylic acids is 2. The standard InChI is InChI=1S/C18H26N2O3/c1-11(2)8-9-23-18(22)14(5)20-16-7-6-12(3)10-15(16)19-13(4)17(20)21/h6-7,10-11,13-14,19H,8-9H2,1-5H3. The monoisotopic (exact) mass is 318 g/mol. The molecule has 1 aliphatic rings. The highest BCUT2D eigenvalue weighted by Crippen LogP contribution is 2.33. The van der Waals surface area contributed by atoms with E-state index in [0.29, 0.717) is 12.5 Å². The van der Waals surface area contributed by atoms with E-state index in [9.17, 15) is 9.59 Å². The van der Waals surface area contributed by atoms with Gasteiger partial charge >= 0.3 is 5.97 Å². The van der Waals surface area contributed by atoms with E-state index in [1.807, 2.05) is 25.1 Å². The van der Waals surface area contributed by atoms with Crippen molar-refractivity contribution in [2.24, 2.45) is 5.92 Å². The Balaban J connectivity index is 2.20. The van der Waals surface area contributed by atoms with Crippen LogP contribution in [0.4, 0.5) is 11.4 Å². The lowest BCUT2D eigenvalue weighted by Gasteiger charge is -2.36. The first-order chi connectivity index (χ1) is 10.8. The van der Waals surface area contributed by atoms with Crippen molar-refractivity contribution in [2.45, 2.75) is 53.1 Å². The molecule has 0 fully saturated rings. The Morgan fingerprint density at radius 3 is 2.70 bits per heavy atom. The van der Waals surface area contributed by atoms with Crippen LogP contribution in [0.2, 0.25) is 0 Å². The summed E-state index contributed by atoms with van der Waals surface area (Å²) in [5.41, 5.74) is 2.70. The summed E-state index contributed by atoms with van der Waals surface area (Å²) in [5.74, 6) is -0.00284. The van der Waals surface area contributed by atoms with Gasteiger partial charge in [0.1, 0.15) is 12.1 Å². The number of nitrogens with one attached hydrogen (secondary N) is 1. The number of hydrogen-bond acceptors (Lipinski definition) is 4. The highest BCUT2D eigenvalue weighted by atomic mass is 16.5. The second-order valence-electron chi connectivity index (χ2n) is 6.62. The zero-order valence-electron chi connectivity index (χ0n) is 14.6. The van der Waals surface area contributed by atoms with E-state index in [0.717, 1.165) is 23.4 Å². The summed E-state index contributed by atoms with van der Waals surface area (Å²) >= 11 is 0. The topological polar surface area (TPSA) is 58.6 Å². The molecular weight excluding hydrogens is 292 g/mol. The first-order valence-electron chi connectivity index (χ1n) is 8.18. The average molecular weight is 318 g/mol. The number of anilines is 2. The molecule has 0 bridgehead atoms. The Bertz CT molecular complexity index is 598. The van der Waals surface area contributed by atoms with E-state index >= 15 is 0 Å². The van der Waals surface area contributed by atoms with Gasteiger partial charge in [-0.3, -0.25) is 9.69 Å². The van der Waals surface area contributed by atoms with Gasteiger partial charge in [0.2, 0.25) is 5.91 Å². The predicted molar refractivity (Wildman–Crippen MR) is 91.6 cm³/mol. The molecule has 0 spiro atoms. The molecule has 1 N–H and O–H groups in total. The van der Waals surface area contributed by atoms with E-state index in [1.165, 1.54) is 0 Å². The molecule has 2 rings (SSSR count). The summed E-state index contributed by atoms with van der Waals surface area (Å²) in [6, 6.07) is 4.80. The van der Waals surface area contributed by atoms with E-state index in [-0.39, 0.29) is 17.9 Å². The van der Waals surface area contributed by atoms with Crippen molar-refractivity contribution in [1.82, 2.24) is 0 Å². The second kappa shape index (κ2) is 7.02. The maximum atomic E-state index is 12.6. The first kappa shape index (κ1) is 17.3. The number of carbonyl (C=O) groups is 2. The Labute approximate surface area is 138 Å². The van der Waals surface area contributed by atoms with Crippen LogP contribution in [0.25, 0.3) is 0 Å². The molecule has 2 unspecified atom stereocenters. The fourth-order valence-corrected chi connectivity index (χ4v) is 2.62. The van der Waals surface area contributed by atoms with Gasteiger partial charge in [0.15, 0.2) is 0 Å². The molecule has 1 aromatic rings. The van der Waals surface area contributed by atoms with Crippen molar-refractivity contribution >= 4 is 23.3 Å². The van der Waals surface area contributed by atoms with Gasteiger partial charge in [-0.2, -0.15) is 0 Å². The Morgan fingerprint density at radius 2 is 2.04 bits per heavy atom. The maximum absolute atomic E-state index is 12.6. The lowest BCUT2D eigenvalue weighted by atomic mass is 10.1. The maximum Gasteiger partial charge on any atom is 0.328 e. The molecule has 1 amide bonds. The molecule has 5 heteroatoms. The second-order valence-corrected chi connectivity index (χ2v) is 6.62. The number of ether oxygens (including phenoxy) is 1. The van der Waals surface area contributed by atoms with Crippen molar-refractivity contribution < 1.29 is 14.3 Å². The SMILES string of the molecule is Cc1ccc2c(c1)NC(C)C(=O)N2C(C)C(=O)OCCC(C)C. The number of benzene rings is 1. The summed E-state index contributed by atoms with van der Waals surface area (Å²) in [4.78, 5) is 26.4. The van der Waals surface area contributed by atoms with E-state index in [4.69, 9.17) is 4.74 Å². The molecule has 0 saturated carbocycles. The molecule has 1 aromatic carbocycles. The van der Waals surface area contributed by atoms with E-state index in [1.54, 1.807) is 18.7 Å². The molecule has 1 aliphatic heterocycles. The van der Waals surface area contributed by atoms with Crippen LogP contribution in [0.3, 0.4) is 0 Å². The lowest BCUT2D eigenvalue weighted by Crippen LogP contribution is -2.52. The number of amides is 1. The van der Waals surface area contributed by atoms with Crippen LogP contribution >= 0.6 is 0 Å². The molecular formula is C18H26N2O3. The minimum Gasteiger partial charge on any atom is -0.464 e. The summed E-state index contributed by atoms with van der Waals surface area (Å²) in [7, 11) is 0. The highest BCUT2D eigenvalue weighted by Gasteiger charge is 2.36. The third kappa shape index (κ3) is 3.84. The summed E-state index contributed by atoms with van der Waals surface area (Å²) in [6.07, 6.45) is 0.820. The number of esters is 1. The van der Waals surface area contributed by atoms with Gasteiger partial charge in [0, 0.05) is 0 Å².